The molecule has 0 radical (unpaired) electrons. The lowest BCUT2D eigenvalue weighted by molar-refractivity contribution is 0.337. The van der Waals surface area contributed by atoms with Crippen LogP contribution in [0.25, 0.3) is 0 Å². The normalized spacial score (nSPS) is 10.4. The fraction of sp³-hybridized carbons (Fsp3) is 0.636. The Labute approximate surface area is 88.4 Å². The zero-order valence-electron chi connectivity index (χ0n) is 9.63. The SMILES string of the molecule is C=C.CCCCCN(N)/C(=C\N)CC. The third-order valence-corrected chi connectivity index (χ3v) is 1.93. The Morgan fingerprint density at radius 1 is 1.29 bits per heavy atom. The van der Waals surface area contributed by atoms with Crippen molar-refractivity contribution in [1.82, 2.24) is 5.01 Å². The first-order valence-corrected chi connectivity index (χ1v) is 5.19. The van der Waals surface area contributed by atoms with E-state index in [4.69, 9.17) is 11.6 Å². The van der Waals surface area contributed by atoms with Crippen molar-refractivity contribution in [3.05, 3.63) is 25.1 Å². The molecule has 3 heteroatoms. The van der Waals surface area contributed by atoms with E-state index in [1.54, 1.807) is 11.2 Å². The molecule has 0 aliphatic carbocycles. The van der Waals surface area contributed by atoms with Crippen LogP contribution < -0.4 is 11.6 Å². The number of nitrogens with two attached hydrogens (primary N) is 2. The maximum atomic E-state index is 5.76. The Hall–Kier alpha value is -0.960. The van der Waals surface area contributed by atoms with Crippen LogP contribution in [-0.2, 0) is 0 Å². The molecule has 0 rings (SSSR count). The summed E-state index contributed by atoms with van der Waals surface area (Å²) in [5.74, 6) is 5.76. The second kappa shape index (κ2) is 12.0. The number of hydrogen-bond acceptors (Lipinski definition) is 3. The Morgan fingerprint density at radius 3 is 2.21 bits per heavy atom. The average Bonchev–Trinajstić information content (AvgIpc) is 2.23. The molecular weight excluding hydrogens is 174 g/mol. The predicted octanol–water partition coefficient (Wildman–Crippen LogP) is 2.36. The quantitative estimate of drug-likeness (QED) is 0.299. The van der Waals surface area contributed by atoms with E-state index in [1.165, 1.54) is 12.8 Å². The van der Waals surface area contributed by atoms with Crippen LogP contribution in [-0.4, -0.2) is 11.6 Å². The van der Waals surface area contributed by atoms with Gasteiger partial charge in [-0.05, 0) is 12.8 Å². The number of unbranched alkanes of at least 4 members (excludes halogenated alkanes) is 2. The number of hydrogen-bond donors (Lipinski definition) is 2. The summed E-state index contributed by atoms with van der Waals surface area (Å²) in [4.78, 5) is 0. The van der Waals surface area contributed by atoms with Crippen molar-refractivity contribution in [3.8, 4) is 0 Å². The minimum absolute atomic E-state index is 0.902. The van der Waals surface area contributed by atoms with Crippen LogP contribution in [0.15, 0.2) is 25.1 Å². The van der Waals surface area contributed by atoms with Crippen molar-refractivity contribution in [2.45, 2.75) is 39.5 Å². The van der Waals surface area contributed by atoms with Crippen molar-refractivity contribution >= 4 is 0 Å². The van der Waals surface area contributed by atoms with Crippen molar-refractivity contribution in [2.24, 2.45) is 11.6 Å². The number of allylic oxidation sites excluding steroid dienone is 1. The zero-order chi connectivity index (χ0) is 11.4. The highest BCUT2D eigenvalue weighted by Gasteiger charge is 2.00. The maximum absolute atomic E-state index is 5.76. The van der Waals surface area contributed by atoms with Gasteiger partial charge in [-0.3, -0.25) is 0 Å². The van der Waals surface area contributed by atoms with E-state index in [0.29, 0.717) is 0 Å². The number of rotatable bonds is 6. The smallest absolute Gasteiger partial charge is 0.0442 e. The Kier molecular flexibility index (Phi) is 13.3. The highest BCUT2D eigenvalue weighted by molar-refractivity contribution is 4.95. The lowest BCUT2D eigenvalue weighted by Crippen LogP contribution is -2.31. The monoisotopic (exact) mass is 199 g/mol. The Morgan fingerprint density at radius 2 is 1.86 bits per heavy atom. The van der Waals surface area contributed by atoms with Crippen LogP contribution in [0.2, 0.25) is 0 Å². The highest BCUT2D eigenvalue weighted by atomic mass is 15.4. The van der Waals surface area contributed by atoms with E-state index in [2.05, 4.69) is 27.0 Å². The molecule has 0 bridgehead atoms. The van der Waals surface area contributed by atoms with E-state index >= 15 is 0 Å². The van der Waals surface area contributed by atoms with Crippen LogP contribution in [0.5, 0.6) is 0 Å². The van der Waals surface area contributed by atoms with Gasteiger partial charge < -0.3 is 10.7 Å². The molecular formula is C11H25N3. The molecule has 0 atom stereocenters. The molecule has 0 aromatic heterocycles. The minimum Gasteiger partial charge on any atom is -0.403 e. The van der Waals surface area contributed by atoms with Crippen molar-refractivity contribution in [3.63, 3.8) is 0 Å². The first kappa shape index (κ1) is 15.5. The molecule has 0 aromatic carbocycles. The van der Waals surface area contributed by atoms with Crippen LogP contribution in [0.3, 0.4) is 0 Å². The maximum Gasteiger partial charge on any atom is 0.0442 e. The first-order valence-electron chi connectivity index (χ1n) is 5.19. The van der Waals surface area contributed by atoms with Crippen molar-refractivity contribution in [1.29, 1.82) is 0 Å². The summed E-state index contributed by atoms with van der Waals surface area (Å²) >= 11 is 0. The van der Waals surface area contributed by atoms with Gasteiger partial charge in [-0.15, -0.1) is 13.2 Å². The summed E-state index contributed by atoms with van der Waals surface area (Å²) in [5, 5.41) is 1.75. The molecule has 0 aliphatic rings. The molecule has 14 heavy (non-hydrogen) atoms. The first-order chi connectivity index (χ1) is 6.76. The molecule has 0 unspecified atom stereocenters. The lowest BCUT2D eigenvalue weighted by atomic mass is 10.2. The molecule has 84 valence electrons. The second-order valence-corrected chi connectivity index (χ2v) is 2.91. The van der Waals surface area contributed by atoms with Crippen LogP contribution in [0.4, 0.5) is 0 Å². The fourth-order valence-corrected chi connectivity index (χ4v) is 1.09. The molecule has 0 fully saturated rings. The predicted molar refractivity (Wildman–Crippen MR) is 64.2 cm³/mol. The number of nitrogens with zero attached hydrogens (tertiary/aromatic N) is 1. The summed E-state index contributed by atoms with van der Waals surface area (Å²) in [6.07, 6.45) is 6.09. The van der Waals surface area contributed by atoms with E-state index in [0.717, 1.165) is 25.1 Å². The summed E-state index contributed by atoms with van der Waals surface area (Å²) < 4.78 is 0. The van der Waals surface area contributed by atoms with Gasteiger partial charge in [-0.2, -0.15) is 0 Å². The van der Waals surface area contributed by atoms with E-state index in [-0.39, 0.29) is 0 Å². The number of hydrazine groups is 1. The molecule has 0 aromatic rings. The second-order valence-electron chi connectivity index (χ2n) is 2.91. The molecule has 4 N–H and O–H groups in total. The van der Waals surface area contributed by atoms with Crippen molar-refractivity contribution < 1.29 is 0 Å². The largest absolute Gasteiger partial charge is 0.403 e. The molecule has 0 spiro atoms. The van der Waals surface area contributed by atoms with Gasteiger partial charge in [0.2, 0.25) is 0 Å². The summed E-state index contributed by atoms with van der Waals surface area (Å²) in [7, 11) is 0. The van der Waals surface area contributed by atoms with Gasteiger partial charge in [0.05, 0.1) is 0 Å². The highest BCUT2D eigenvalue weighted by Crippen LogP contribution is 2.04. The topological polar surface area (TPSA) is 55.3 Å². The van der Waals surface area contributed by atoms with Crippen molar-refractivity contribution in [2.75, 3.05) is 6.54 Å². The van der Waals surface area contributed by atoms with Gasteiger partial charge >= 0.3 is 0 Å². The molecule has 0 aliphatic heterocycles. The molecule has 0 amide bonds. The fourth-order valence-electron chi connectivity index (χ4n) is 1.09. The van der Waals surface area contributed by atoms with E-state index in [1.807, 2.05) is 0 Å². The third-order valence-electron chi connectivity index (χ3n) is 1.93. The van der Waals surface area contributed by atoms with Gasteiger partial charge in [0, 0.05) is 18.4 Å². The Bertz CT molecular complexity index is 143. The van der Waals surface area contributed by atoms with Crippen LogP contribution >= 0.6 is 0 Å². The Balaban J connectivity index is 0. The minimum atomic E-state index is 0.902. The van der Waals surface area contributed by atoms with Crippen LogP contribution in [0.1, 0.15) is 39.5 Å². The summed E-state index contributed by atoms with van der Waals surface area (Å²) in [5.41, 5.74) is 6.42. The van der Waals surface area contributed by atoms with Gasteiger partial charge in [-0.25, -0.2) is 5.84 Å². The van der Waals surface area contributed by atoms with Gasteiger partial charge in [0.15, 0.2) is 0 Å². The molecule has 0 saturated heterocycles. The molecule has 0 heterocycles. The standard InChI is InChI=1S/C9H21N3.C2H4/c1-3-5-6-7-12(11)9(4-2)8-10;1-2/h8H,3-7,10-11H2,1-2H3;1-2H2/b9-8-;. The lowest BCUT2D eigenvalue weighted by Gasteiger charge is -2.20. The van der Waals surface area contributed by atoms with Gasteiger partial charge in [-0.1, -0.05) is 26.7 Å². The average molecular weight is 199 g/mol. The van der Waals surface area contributed by atoms with E-state index < -0.39 is 0 Å². The molecule has 0 saturated carbocycles. The van der Waals surface area contributed by atoms with Gasteiger partial charge in [0.1, 0.15) is 0 Å². The van der Waals surface area contributed by atoms with Gasteiger partial charge in [0.25, 0.3) is 0 Å². The summed E-state index contributed by atoms with van der Waals surface area (Å²) in [6.45, 7) is 11.1. The molecule has 3 nitrogen and oxygen atoms in total. The van der Waals surface area contributed by atoms with E-state index in [9.17, 15) is 0 Å². The van der Waals surface area contributed by atoms with Crippen LogP contribution in [0, 0.1) is 0 Å². The third kappa shape index (κ3) is 7.68. The summed E-state index contributed by atoms with van der Waals surface area (Å²) in [6, 6.07) is 0. The zero-order valence-corrected chi connectivity index (χ0v) is 9.63.